The summed E-state index contributed by atoms with van der Waals surface area (Å²) in [6.45, 7) is 0. The highest BCUT2D eigenvalue weighted by atomic mass is 79.9. The molecule has 1 aromatic carbocycles. The summed E-state index contributed by atoms with van der Waals surface area (Å²) in [4.78, 5) is 9.06. The second-order valence-corrected chi connectivity index (χ2v) is 2.67. The van der Waals surface area contributed by atoms with Gasteiger partial charge in [-0.3, -0.25) is 4.79 Å². The number of halogens is 2. The van der Waals surface area contributed by atoms with Crippen LogP contribution in [0.25, 0.3) is 0 Å². The summed E-state index contributed by atoms with van der Waals surface area (Å²) in [6, 6.07) is 6.49. The fourth-order valence-electron chi connectivity index (χ4n) is 0.439. The molecule has 0 spiro atoms. The maximum Gasteiger partial charge on any atom is 0.206 e. The lowest BCUT2D eigenvalue weighted by molar-refractivity contribution is -0.109. The molecule has 1 aromatic rings. The molecule has 4 heteroatoms. The van der Waals surface area contributed by atoms with Crippen LogP contribution in [0.15, 0.2) is 28.7 Å². The molecule has 1 amide bonds. The molecule has 0 saturated heterocycles. The lowest BCUT2D eigenvalue weighted by Crippen LogP contribution is -1.98. The summed E-state index contributed by atoms with van der Waals surface area (Å²) < 4.78 is 12.8. The van der Waals surface area contributed by atoms with Crippen molar-refractivity contribution < 1.29 is 9.18 Å². The lowest BCUT2D eigenvalue weighted by atomic mass is 10.4. The van der Waals surface area contributed by atoms with Crippen molar-refractivity contribution >= 4 is 22.3 Å². The number of amides is 1. The van der Waals surface area contributed by atoms with E-state index in [1.807, 2.05) is 0 Å². The predicted octanol–water partition coefficient (Wildman–Crippen LogP) is 1.95. The minimum atomic E-state index is -0.215. The summed E-state index contributed by atoms with van der Waals surface area (Å²) in [7, 11) is 1.56. The molecule has 0 aliphatic rings. The van der Waals surface area contributed by atoms with Crippen LogP contribution in [-0.4, -0.2) is 13.5 Å². The molecular weight excluding hydrogens is 225 g/mol. The molecule has 1 rings (SSSR count). The van der Waals surface area contributed by atoms with Gasteiger partial charge in [0.2, 0.25) is 6.41 Å². The Kier molecular flexibility index (Phi) is 6.28. The Morgan fingerprint density at radius 2 is 2.00 bits per heavy atom. The highest BCUT2D eigenvalue weighted by Gasteiger charge is 1.90. The minimum Gasteiger partial charge on any atom is -0.362 e. The van der Waals surface area contributed by atoms with Crippen LogP contribution in [0.5, 0.6) is 0 Å². The minimum absolute atomic E-state index is 0.215. The highest BCUT2D eigenvalue weighted by Crippen LogP contribution is 2.12. The topological polar surface area (TPSA) is 29.1 Å². The smallest absolute Gasteiger partial charge is 0.206 e. The van der Waals surface area contributed by atoms with E-state index in [4.69, 9.17) is 4.79 Å². The quantitative estimate of drug-likeness (QED) is 0.739. The van der Waals surface area contributed by atoms with Crippen LogP contribution in [0.2, 0.25) is 0 Å². The van der Waals surface area contributed by atoms with Crippen molar-refractivity contribution in [1.29, 1.82) is 0 Å². The molecule has 0 heterocycles. The lowest BCUT2D eigenvalue weighted by Gasteiger charge is -1.87. The number of carbonyl (C=O) groups excluding carboxylic acids is 1. The zero-order valence-corrected chi connectivity index (χ0v) is 8.14. The van der Waals surface area contributed by atoms with Gasteiger partial charge >= 0.3 is 0 Å². The first-order chi connectivity index (χ1) is 5.72. The fraction of sp³-hybridized carbons (Fsp3) is 0.125. The number of hydrogen-bond acceptors (Lipinski definition) is 1. The summed E-state index contributed by atoms with van der Waals surface area (Å²) >= 11 is 3.02. The van der Waals surface area contributed by atoms with E-state index in [1.165, 1.54) is 6.07 Å². The number of hydrogen-bond donors (Lipinski definition) is 1. The Labute approximate surface area is 78.9 Å². The first kappa shape index (κ1) is 11.1. The van der Waals surface area contributed by atoms with E-state index in [1.54, 1.807) is 25.2 Å². The molecular formula is C8H9BrFNO. The van der Waals surface area contributed by atoms with Gasteiger partial charge in [-0.1, -0.05) is 12.1 Å². The van der Waals surface area contributed by atoms with Crippen LogP contribution in [0, 0.1) is 5.82 Å². The Morgan fingerprint density at radius 1 is 1.50 bits per heavy atom. The molecule has 0 atom stereocenters. The molecule has 0 radical (unpaired) electrons. The van der Waals surface area contributed by atoms with Crippen molar-refractivity contribution in [2.75, 3.05) is 7.05 Å². The van der Waals surface area contributed by atoms with Crippen LogP contribution >= 0.6 is 15.9 Å². The van der Waals surface area contributed by atoms with E-state index < -0.39 is 0 Å². The van der Waals surface area contributed by atoms with Gasteiger partial charge in [-0.05, 0) is 28.1 Å². The van der Waals surface area contributed by atoms with Gasteiger partial charge in [0.15, 0.2) is 0 Å². The van der Waals surface area contributed by atoms with E-state index in [0.717, 1.165) is 0 Å². The van der Waals surface area contributed by atoms with Crippen molar-refractivity contribution in [2.45, 2.75) is 0 Å². The second-order valence-electron chi connectivity index (χ2n) is 1.82. The van der Waals surface area contributed by atoms with Crippen LogP contribution in [0.3, 0.4) is 0 Å². The van der Waals surface area contributed by atoms with Crippen molar-refractivity contribution in [2.24, 2.45) is 0 Å². The average Bonchev–Trinajstić information content (AvgIpc) is 2.11. The zero-order chi connectivity index (χ0) is 9.40. The van der Waals surface area contributed by atoms with Gasteiger partial charge in [0.1, 0.15) is 5.82 Å². The third-order valence-corrected chi connectivity index (χ3v) is 1.59. The van der Waals surface area contributed by atoms with Crippen LogP contribution in [0.1, 0.15) is 0 Å². The first-order valence-electron chi connectivity index (χ1n) is 3.23. The van der Waals surface area contributed by atoms with Gasteiger partial charge in [-0.2, -0.15) is 0 Å². The summed E-state index contributed by atoms with van der Waals surface area (Å²) in [6.07, 6.45) is 0.625. The van der Waals surface area contributed by atoms with Crippen LogP contribution in [0.4, 0.5) is 4.39 Å². The SMILES string of the molecule is CNC=O.Fc1ccccc1Br. The molecule has 12 heavy (non-hydrogen) atoms. The van der Waals surface area contributed by atoms with Crippen molar-refractivity contribution in [3.8, 4) is 0 Å². The van der Waals surface area contributed by atoms with Crippen LogP contribution < -0.4 is 5.32 Å². The third kappa shape index (κ3) is 4.85. The van der Waals surface area contributed by atoms with Gasteiger partial charge in [0.25, 0.3) is 0 Å². The van der Waals surface area contributed by atoms with Crippen molar-refractivity contribution in [3.05, 3.63) is 34.6 Å². The van der Waals surface area contributed by atoms with E-state index in [-0.39, 0.29) is 5.82 Å². The van der Waals surface area contributed by atoms with Crippen LogP contribution in [-0.2, 0) is 4.79 Å². The first-order valence-corrected chi connectivity index (χ1v) is 4.02. The van der Waals surface area contributed by atoms with E-state index in [9.17, 15) is 4.39 Å². The number of nitrogens with one attached hydrogen (secondary N) is 1. The standard InChI is InChI=1S/C6H4BrF.C2H5NO/c7-5-3-1-2-4-6(5)8;1-3-2-4/h1-4H;2H,1H3,(H,3,4). The molecule has 0 saturated carbocycles. The number of rotatable bonds is 1. The largest absolute Gasteiger partial charge is 0.362 e. The second kappa shape index (κ2) is 6.79. The van der Waals surface area contributed by atoms with Gasteiger partial charge in [-0.25, -0.2) is 4.39 Å². The normalized spacial score (nSPS) is 7.92. The van der Waals surface area contributed by atoms with Crippen molar-refractivity contribution in [1.82, 2.24) is 5.32 Å². The molecule has 0 fully saturated rings. The summed E-state index contributed by atoms with van der Waals surface area (Å²) in [5.74, 6) is -0.215. The molecule has 0 aliphatic heterocycles. The Morgan fingerprint density at radius 3 is 2.25 bits per heavy atom. The molecule has 1 N–H and O–H groups in total. The van der Waals surface area contributed by atoms with Gasteiger partial charge < -0.3 is 5.32 Å². The average molecular weight is 234 g/mol. The van der Waals surface area contributed by atoms with E-state index in [2.05, 4.69) is 21.2 Å². The van der Waals surface area contributed by atoms with Gasteiger partial charge in [0, 0.05) is 7.05 Å². The molecule has 66 valence electrons. The third-order valence-electron chi connectivity index (χ3n) is 0.942. The summed E-state index contributed by atoms with van der Waals surface area (Å²) in [5.41, 5.74) is 0. The Bertz CT molecular complexity index is 221. The summed E-state index contributed by atoms with van der Waals surface area (Å²) in [5, 5.41) is 2.25. The predicted molar refractivity (Wildman–Crippen MR) is 49.2 cm³/mol. The van der Waals surface area contributed by atoms with Gasteiger partial charge in [0.05, 0.1) is 4.47 Å². The maximum absolute atomic E-state index is 12.3. The Hall–Kier alpha value is -0.900. The molecule has 0 unspecified atom stereocenters. The number of benzene rings is 1. The molecule has 0 aliphatic carbocycles. The monoisotopic (exact) mass is 233 g/mol. The molecule has 0 bridgehead atoms. The fourth-order valence-corrected chi connectivity index (χ4v) is 0.724. The maximum atomic E-state index is 12.3. The number of carbonyl (C=O) groups is 1. The zero-order valence-electron chi connectivity index (χ0n) is 6.55. The van der Waals surface area contributed by atoms with E-state index >= 15 is 0 Å². The Balaban J connectivity index is 0.000000261. The molecule has 0 aromatic heterocycles. The highest BCUT2D eigenvalue weighted by molar-refractivity contribution is 9.10. The van der Waals surface area contributed by atoms with Crippen molar-refractivity contribution in [3.63, 3.8) is 0 Å². The van der Waals surface area contributed by atoms with Gasteiger partial charge in [-0.15, -0.1) is 0 Å². The molecule has 2 nitrogen and oxygen atoms in total. The van der Waals surface area contributed by atoms with E-state index in [0.29, 0.717) is 10.9 Å².